The second-order valence-electron chi connectivity index (χ2n) is 4.92. The Balaban J connectivity index is 1.82. The van der Waals surface area contributed by atoms with E-state index in [9.17, 15) is 0 Å². The van der Waals surface area contributed by atoms with Gasteiger partial charge in [-0.3, -0.25) is 10.4 Å². The number of para-hydroxylation sites is 1. The molecule has 104 valence electrons. The third-order valence-corrected chi connectivity index (χ3v) is 3.21. The number of rotatable bonds is 3. The number of benzene rings is 1. The van der Waals surface area contributed by atoms with E-state index in [0.717, 1.165) is 28.1 Å². The molecular formula is C17H16N4. The fourth-order valence-electron chi connectivity index (χ4n) is 2.21. The molecule has 0 aliphatic heterocycles. The molecule has 4 heteroatoms. The molecule has 0 aliphatic carbocycles. The van der Waals surface area contributed by atoms with Crippen LogP contribution in [0.5, 0.6) is 0 Å². The van der Waals surface area contributed by atoms with E-state index < -0.39 is 0 Å². The zero-order valence-corrected chi connectivity index (χ0v) is 12.0. The highest BCUT2D eigenvalue weighted by atomic mass is 15.3. The molecule has 0 fully saturated rings. The topological polar surface area (TPSA) is 50.2 Å². The van der Waals surface area contributed by atoms with Crippen molar-refractivity contribution < 1.29 is 0 Å². The normalized spacial score (nSPS) is 11.1. The maximum absolute atomic E-state index is 4.54. The van der Waals surface area contributed by atoms with Crippen molar-refractivity contribution >= 4 is 22.9 Å². The average Bonchev–Trinajstić information content (AvgIpc) is 2.47. The number of pyridine rings is 2. The second kappa shape index (κ2) is 5.71. The highest BCUT2D eigenvalue weighted by molar-refractivity contribution is 5.84. The standard InChI is InChI=1S/C17H16N4/c1-12-10-17(20-16-9-4-3-8-15(12)16)21-18-11-14-7-5-6-13(2)19-14/h3-11H,1-2H3,(H,20,21). The van der Waals surface area contributed by atoms with Gasteiger partial charge in [0.25, 0.3) is 0 Å². The van der Waals surface area contributed by atoms with Crippen LogP contribution in [-0.4, -0.2) is 16.2 Å². The van der Waals surface area contributed by atoms with Crippen molar-refractivity contribution in [2.45, 2.75) is 13.8 Å². The zero-order valence-electron chi connectivity index (χ0n) is 12.0. The lowest BCUT2D eigenvalue weighted by atomic mass is 10.1. The van der Waals surface area contributed by atoms with E-state index in [1.807, 2.05) is 49.4 Å². The Kier molecular flexibility index (Phi) is 3.60. The molecule has 0 saturated carbocycles. The van der Waals surface area contributed by atoms with Gasteiger partial charge >= 0.3 is 0 Å². The molecule has 4 nitrogen and oxygen atoms in total. The quantitative estimate of drug-likeness (QED) is 0.586. The van der Waals surface area contributed by atoms with Crippen LogP contribution in [0.3, 0.4) is 0 Å². The predicted molar refractivity (Wildman–Crippen MR) is 86.7 cm³/mol. The minimum atomic E-state index is 0.732. The van der Waals surface area contributed by atoms with Crippen molar-refractivity contribution in [3.63, 3.8) is 0 Å². The molecule has 3 aromatic rings. The van der Waals surface area contributed by atoms with Crippen LogP contribution in [0.25, 0.3) is 10.9 Å². The number of fused-ring (bicyclic) bond motifs is 1. The number of hydrogen-bond donors (Lipinski definition) is 1. The molecule has 0 bridgehead atoms. The number of aryl methyl sites for hydroxylation is 2. The molecule has 0 unspecified atom stereocenters. The van der Waals surface area contributed by atoms with Crippen molar-refractivity contribution in [1.82, 2.24) is 9.97 Å². The summed E-state index contributed by atoms with van der Waals surface area (Å²) < 4.78 is 0. The van der Waals surface area contributed by atoms with Gasteiger partial charge in [-0.2, -0.15) is 5.10 Å². The van der Waals surface area contributed by atoms with Gasteiger partial charge in [-0.1, -0.05) is 24.3 Å². The number of nitrogens with zero attached hydrogens (tertiary/aromatic N) is 3. The smallest absolute Gasteiger partial charge is 0.147 e. The Morgan fingerprint density at radius 2 is 1.86 bits per heavy atom. The minimum absolute atomic E-state index is 0.732. The number of nitrogens with one attached hydrogen (secondary N) is 1. The summed E-state index contributed by atoms with van der Waals surface area (Å²) >= 11 is 0. The van der Waals surface area contributed by atoms with Gasteiger partial charge in [0.1, 0.15) is 5.82 Å². The van der Waals surface area contributed by atoms with Gasteiger partial charge < -0.3 is 0 Å². The van der Waals surface area contributed by atoms with Crippen LogP contribution in [0, 0.1) is 13.8 Å². The van der Waals surface area contributed by atoms with Crippen LogP contribution in [0.2, 0.25) is 0 Å². The lowest BCUT2D eigenvalue weighted by molar-refractivity contribution is 1.18. The summed E-state index contributed by atoms with van der Waals surface area (Å²) in [5, 5.41) is 5.36. The first-order valence-corrected chi connectivity index (χ1v) is 6.81. The maximum atomic E-state index is 4.54. The van der Waals surface area contributed by atoms with Crippen LogP contribution >= 0.6 is 0 Å². The van der Waals surface area contributed by atoms with Crippen molar-refractivity contribution in [3.05, 3.63) is 65.5 Å². The minimum Gasteiger partial charge on any atom is -0.261 e. The molecule has 2 aromatic heterocycles. The molecule has 1 aromatic carbocycles. The summed E-state index contributed by atoms with van der Waals surface area (Å²) in [4.78, 5) is 8.90. The third kappa shape index (κ3) is 3.05. The molecule has 1 N–H and O–H groups in total. The van der Waals surface area contributed by atoms with Gasteiger partial charge in [0.2, 0.25) is 0 Å². The van der Waals surface area contributed by atoms with E-state index in [2.05, 4.69) is 33.5 Å². The zero-order chi connectivity index (χ0) is 14.7. The van der Waals surface area contributed by atoms with E-state index in [1.165, 1.54) is 5.56 Å². The van der Waals surface area contributed by atoms with Crippen LogP contribution < -0.4 is 5.43 Å². The Morgan fingerprint density at radius 3 is 2.71 bits per heavy atom. The Morgan fingerprint density at radius 1 is 1.00 bits per heavy atom. The van der Waals surface area contributed by atoms with Gasteiger partial charge in [0.05, 0.1) is 17.4 Å². The van der Waals surface area contributed by atoms with Gasteiger partial charge in [-0.25, -0.2) is 4.98 Å². The highest BCUT2D eigenvalue weighted by Crippen LogP contribution is 2.19. The van der Waals surface area contributed by atoms with Crippen LogP contribution in [0.4, 0.5) is 5.82 Å². The number of aromatic nitrogens is 2. The lowest BCUT2D eigenvalue weighted by Crippen LogP contribution is -1.96. The number of hydrazone groups is 1. The lowest BCUT2D eigenvalue weighted by Gasteiger charge is -2.05. The molecule has 0 amide bonds. The summed E-state index contributed by atoms with van der Waals surface area (Å²) in [7, 11) is 0. The van der Waals surface area contributed by atoms with Crippen molar-refractivity contribution in [1.29, 1.82) is 0 Å². The molecule has 0 atom stereocenters. The summed E-state index contributed by atoms with van der Waals surface area (Å²) in [5.74, 6) is 0.732. The third-order valence-electron chi connectivity index (χ3n) is 3.21. The first-order chi connectivity index (χ1) is 10.2. The van der Waals surface area contributed by atoms with Crippen molar-refractivity contribution in [3.8, 4) is 0 Å². The van der Waals surface area contributed by atoms with E-state index in [-0.39, 0.29) is 0 Å². The predicted octanol–water partition coefficient (Wildman–Crippen LogP) is 3.69. The van der Waals surface area contributed by atoms with Crippen LogP contribution in [-0.2, 0) is 0 Å². The summed E-state index contributed by atoms with van der Waals surface area (Å²) in [6.45, 7) is 4.03. The Labute approximate surface area is 123 Å². The fraction of sp³-hybridized carbons (Fsp3) is 0.118. The summed E-state index contributed by atoms with van der Waals surface area (Å²) in [6, 6.07) is 15.9. The van der Waals surface area contributed by atoms with E-state index in [1.54, 1.807) is 6.21 Å². The van der Waals surface area contributed by atoms with Crippen molar-refractivity contribution in [2.75, 3.05) is 5.43 Å². The van der Waals surface area contributed by atoms with E-state index in [0.29, 0.717) is 0 Å². The first kappa shape index (κ1) is 13.2. The molecule has 0 saturated heterocycles. The molecule has 0 spiro atoms. The SMILES string of the molecule is Cc1cccc(C=NNc2cc(C)c3ccccc3n2)n1. The van der Waals surface area contributed by atoms with Gasteiger partial charge in [0, 0.05) is 11.1 Å². The van der Waals surface area contributed by atoms with Gasteiger partial charge in [-0.15, -0.1) is 0 Å². The van der Waals surface area contributed by atoms with Gasteiger partial charge in [0.15, 0.2) is 0 Å². The largest absolute Gasteiger partial charge is 0.261 e. The molecule has 21 heavy (non-hydrogen) atoms. The molecule has 2 heterocycles. The molecular weight excluding hydrogens is 260 g/mol. The van der Waals surface area contributed by atoms with Crippen molar-refractivity contribution in [2.24, 2.45) is 5.10 Å². The van der Waals surface area contributed by atoms with Gasteiger partial charge in [-0.05, 0) is 43.7 Å². The van der Waals surface area contributed by atoms with E-state index in [4.69, 9.17) is 0 Å². The summed E-state index contributed by atoms with van der Waals surface area (Å²) in [6.07, 6.45) is 1.69. The molecule has 0 aliphatic rings. The monoisotopic (exact) mass is 276 g/mol. The Hall–Kier alpha value is -2.75. The maximum Gasteiger partial charge on any atom is 0.147 e. The van der Waals surface area contributed by atoms with Crippen LogP contribution in [0.15, 0.2) is 53.6 Å². The highest BCUT2D eigenvalue weighted by Gasteiger charge is 2.00. The molecule has 0 radical (unpaired) electrons. The van der Waals surface area contributed by atoms with E-state index >= 15 is 0 Å². The fourth-order valence-corrected chi connectivity index (χ4v) is 2.21. The number of hydrogen-bond acceptors (Lipinski definition) is 4. The number of anilines is 1. The second-order valence-corrected chi connectivity index (χ2v) is 4.92. The Bertz CT molecular complexity index is 809. The summed E-state index contributed by atoms with van der Waals surface area (Å²) in [5.41, 5.74) is 6.89. The van der Waals surface area contributed by atoms with Crippen LogP contribution in [0.1, 0.15) is 17.0 Å². The molecule has 3 rings (SSSR count). The first-order valence-electron chi connectivity index (χ1n) is 6.81. The average molecular weight is 276 g/mol.